The van der Waals surface area contributed by atoms with Crippen LogP contribution >= 0.6 is 0 Å². The molecule has 0 heterocycles. The molecular formula is C21H28N2O6. The molecule has 0 saturated heterocycles. The van der Waals surface area contributed by atoms with Crippen LogP contribution in [0.1, 0.15) is 44.6 Å². The summed E-state index contributed by atoms with van der Waals surface area (Å²) in [5.41, 5.74) is 0.647. The molecule has 3 amide bonds. The molecule has 0 unspecified atom stereocenters. The first-order chi connectivity index (χ1) is 13.9. The summed E-state index contributed by atoms with van der Waals surface area (Å²) in [6, 6.07) is 4.66. The zero-order valence-electron chi connectivity index (χ0n) is 17.0. The molecule has 0 spiro atoms. The average Bonchev–Trinajstić information content (AvgIpc) is 2.72. The molecule has 2 rings (SSSR count). The van der Waals surface area contributed by atoms with Crippen LogP contribution in [0.5, 0.6) is 11.5 Å². The highest BCUT2D eigenvalue weighted by Gasteiger charge is 2.21. The fourth-order valence-corrected chi connectivity index (χ4v) is 3.06. The fraction of sp³-hybridized carbons (Fsp3) is 0.476. The van der Waals surface area contributed by atoms with Crippen LogP contribution in [-0.4, -0.2) is 44.3 Å². The smallest absolute Gasteiger partial charge is 0.331 e. The molecule has 1 aromatic rings. The number of benzene rings is 1. The number of nitrogens with one attached hydrogen (secondary N) is 2. The van der Waals surface area contributed by atoms with Crippen LogP contribution in [0.15, 0.2) is 24.3 Å². The summed E-state index contributed by atoms with van der Waals surface area (Å²) in [5.74, 6) is -0.239. The van der Waals surface area contributed by atoms with Crippen molar-refractivity contribution in [1.82, 2.24) is 10.6 Å². The lowest BCUT2D eigenvalue weighted by molar-refractivity contribution is -0.149. The van der Waals surface area contributed by atoms with Gasteiger partial charge in [0.05, 0.1) is 14.2 Å². The number of methoxy groups -OCH3 is 2. The zero-order valence-corrected chi connectivity index (χ0v) is 17.0. The van der Waals surface area contributed by atoms with Crippen LogP contribution in [0.2, 0.25) is 0 Å². The normalized spacial score (nSPS) is 15.4. The maximum atomic E-state index is 12.1. The number of imide groups is 1. The van der Waals surface area contributed by atoms with E-state index in [1.54, 1.807) is 25.3 Å². The Hall–Kier alpha value is -3.03. The van der Waals surface area contributed by atoms with Gasteiger partial charge >= 0.3 is 12.0 Å². The van der Waals surface area contributed by atoms with Crippen molar-refractivity contribution in [2.24, 2.45) is 0 Å². The number of hydrogen-bond acceptors (Lipinski definition) is 6. The van der Waals surface area contributed by atoms with E-state index in [9.17, 15) is 14.4 Å². The Kier molecular flexibility index (Phi) is 8.51. The summed E-state index contributed by atoms with van der Waals surface area (Å²) < 4.78 is 15.4. The van der Waals surface area contributed by atoms with Crippen molar-refractivity contribution in [2.45, 2.75) is 51.2 Å². The predicted octanol–water partition coefficient (Wildman–Crippen LogP) is 2.81. The minimum absolute atomic E-state index is 0.0804. The third-order valence-corrected chi connectivity index (χ3v) is 4.68. The van der Waals surface area contributed by atoms with Gasteiger partial charge in [0, 0.05) is 23.7 Å². The number of esters is 1. The van der Waals surface area contributed by atoms with Crippen LogP contribution in [0.4, 0.5) is 4.79 Å². The first kappa shape index (κ1) is 22.3. The number of urea groups is 1. The van der Waals surface area contributed by atoms with E-state index in [4.69, 9.17) is 14.2 Å². The molecule has 2 N–H and O–H groups in total. The molecule has 29 heavy (non-hydrogen) atoms. The van der Waals surface area contributed by atoms with E-state index in [0.29, 0.717) is 17.1 Å². The molecule has 1 fully saturated rings. The standard InChI is InChI=1S/C21H28N2O6/c1-14(20(25)23-21(26)22-16-7-5-4-6-8-16)29-19(24)12-10-15-9-11-17(27-2)13-18(15)28-3/h9-14,16H,4-8H2,1-3H3,(H2,22,23,25,26)/b12-10+/t14-/m1/s1. The topological polar surface area (TPSA) is 103 Å². The third kappa shape index (κ3) is 7.14. The first-order valence-electron chi connectivity index (χ1n) is 9.65. The van der Waals surface area contributed by atoms with E-state index in [-0.39, 0.29) is 6.04 Å². The molecular weight excluding hydrogens is 376 g/mol. The van der Waals surface area contributed by atoms with E-state index in [1.807, 2.05) is 0 Å². The van der Waals surface area contributed by atoms with Crippen molar-refractivity contribution in [3.05, 3.63) is 29.8 Å². The molecule has 1 aliphatic rings. The van der Waals surface area contributed by atoms with Gasteiger partial charge in [-0.2, -0.15) is 0 Å². The number of ether oxygens (including phenoxy) is 3. The van der Waals surface area contributed by atoms with Gasteiger partial charge in [-0.05, 0) is 38.0 Å². The molecule has 0 aromatic heterocycles. The molecule has 0 aliphatic heterocycles. The summed E-state index contributed by atoms with van der Waals surface area (Å²) >= 11 is 0. The minimum Gasteiger partial charge on any atom is -0.497 e. The van der Waals surface area contributed by atoms with Gasteiger partial charge < -0.3 is 19.5 Å². The van der Waals surface area contributed by atoms with Gasteiger partial charge in [-0.15, -0.1) is 0 Å². The number of amides is 3. The maximum absolute atomic E-state index is 12.1. The number of carbonyl (C=O) groups is 3. The Bertz CT molecular complexity index is 756. The number of hydrogen-bond donors (Lipinski definition) is 2. The SMILES string of the molecule is COc1ccc(/C=C/C(=O)O[C@H](C)C(=O)NC(=O)NC2CCCCC2)c(OC)c1. The van der Waals surface area contributed by atoms with Crippen LogP contribution in [0, 0.1) is 0 Å². The van der Waals surface area contributed by atoms with Gasteiger partial charge in [-0.25, -0.2) is 9.59 Å². The predicted molar refractivity (Wildman–Crippen MR) is 108 cm³/mol. The summed E-state index contributed by atoms with van der Waals surface area (Å²) in [4.78, 5) is 36.0. The van der Waals surface area contributed by atoms with Crippen LogP contribution in [0.3, 0.4) is 0 Å². The van der Waals surface area contributed by atoms with Crippen molar-refractivity contribution in [1.29, 1.82) is 0 Å². The van der Waals surface area contributed by atoms with Crippen molar-refractivity contribution in [3.63, 3.8) is 0 Å². The Morgan fingerprint density at radius 3 is 2.48 bits per heavy atom. The lowest BCUT2D eigenvalue weighted by Gasteiger charge is -2.23. The fourth-order valence-electron chi connectivity index (χ4n) is 3.06. The molecule has 1 aromatic carbocycles. The first-order valence-corrected chi connectivity index (χ1v) is 9.65. The van der Waals surface area contributed by atoms with E-state index < -0.39 is 24.0 Å². The highest BCUT2D eigenvalue weighted by atomic mass is 16.5. The molecule has 1 atom stereocenters. The average molecular weight is 404 g/mol. The van der Waals surface area contributed by atoms with Gasteiger partial charge in [-0.1, -0.05) is 19.3 Å². The summed E-state index contributed by atoms with van der Waals surface area (Å²) in [6.07, 6.45) is 6.72. The Balaban J connectivity index is 1.83. The Morgan fingerprint density at radius 2 is 1.83 bits per heavy atom. The van der Waals surface area contributed by atoms with Crippen molar-refractivity contribution in [3.8, 4) is 11.5 Å². The van der Waals surface area contributed by atoms with Crippen LogP contribution in [-0.2, 0) is 14.3 Å². The summed E-state index contributed by atoms with van der Waals surface area (Å²) in [7, 11) is 3.05. The largest absolute Gasteiger partial charge is 0.497 e. The van der Waals surface area contributed by atoms with Crippen molar-refractivity contribution in [2.75, 3.05) is 14.2 Å². The highest BCUT2D eigenvalue weighted by molar-refractivity contribution is 5.98. The minimum atomic E-state index is -1.11. The third-order valence-electron chi connectivity index (χ3n) is 4.68. The molecule has 1 aliphatic carbocycles. The van der Waals surface area contributed by atoms with Gasteiger partial charge in [-0.3, -0.25) is 10.1 Å². The quantitative estimate of drug-likeness (QED) is 0.535. The molecule has 8 nitrogen and oxygen atoms in total. The second-order valence-corrected chi connectivity index (χ2v) is 6.82. The summed E-state index contributed by atoms with van der Waals surface area (Å²) in [6.45, 7) is 1.41. The molecule has 158 valence electrons. The Morgan fingerprint density at radius 1 is 1.10 bits per heavy atom. The van der Waals surface area contributed by atoms with E-state index in [0.717, 1.165) is 25.7 Å². The Labute approximate surface area is 170 Å². The molecule has 1 saturated carbocycles. The molecule has 8 heteroatoms. The second-order valence-electron chi connectivity index (χ2n) is 6.82. The second kappa shape index (κ2) is 11.1. The van der Waals surface area contributed by atoms with Crippen molar-refractivity contribution < 1.29 is 28.6 Å². The molecule has 0 radical (unpaired) electrons. The lowest BCUT2D eigenvalue weighted by atomic mass is 9.96. The molecule has 0 bridgehead atoms. The number of carbonyl (C=O) groups excluding carboxylic acids is 3. The van der Waals surface area contributed by atoms with E-state index in [2.05, 4.69) is 10.6 Å². The number of rotatable bonds is 7. The zero-order chi connectivity index (χ0) is 21.2. The van der Waals surface area contributed by atoms with E-state index >= 15 is 0 Å². The maximum Gasteiger partial charge on any atom is 0.331 e. The van der Waals surface area contributed by atoms with E-state index in [1.165, 1.54) is 32.6 Å². The van der Waals surface area contributed by atoms with Gasteiger partial charge in [0.15, 0.2) is 6.10 Å². The highest BCUT2D eigenvalue weighted by Crippen LogP contribution is 2.25. The van der Waals surface area contributed by atoms with Gasteiger partial charge in [0.25, 0.3) is 5.91 Å². The van der Waals surface area contributed by atoms with Gasteiger partial charge in [0.2, 0.25) is 0 Å². The van der Waals surface area contributed by atoms with Crippen LogP contribution in [0.25, 0.3) is 6.08 Å². The van der Waals surface area contributed by atoms with Gasteiger partial charge in [0.1, 0.15) is 11.5 Å². The summed E-state index contributed by atoms with van der Waals surface area (Å²) in [5, 5.41) is 4.99. The van der Waals surface area contributed by atoms with Crippen LogP contribution < -0.4 is 20.1 Å². The van der Waals surface area contributed by atoms with Crippen molar-refractivity contribution >= 4 is 24.0 Å². The monoisotopic (exact) mass is 404 g/mol. The lowest BCUT2D eigenvalue weighted by Crippen LogP contribution is -2.48.